The van der Waals surface area contributed by atoms with Crippen LogP contribution in [0.3, 0.4) is 0 Å². The monoisotopic (exact) mass is 395 g/mol. The van der Waals surface area contributed by atoms with Gasteiger partial charge in [0.25, 0.3) is 5.91 Å². The molecule has 0 saturated heterocycles. The molecule has 144 valence electrons. The number of hydrogen-bond acceptors (Lipinski definition) is 5. The van der Waals surface area contributed by atoms with Crippen LogP contribution >= 0.6 is 11.3 Å². The molecule has 1 N–H and O–H groups in total. The minimum Gasteiger partial charge on any atom is -0.465 e. The fourth-order valence-electron chi connectivity index (χ4n) is 3.54. The molecule has 1 aliphatic rings. The van der Waals surface area contributed by atoms with Gasteiger partial charge in [0.2, 0.25) is 0 Å². The zero-order valence-corrected chi connectivity index (χ0v) is 16.3. The van der Waals surface area contributed by atoms with Crippen LogP contribution in [0.1, 0.15) is 41.4 Å². The van der Waals surface area contributed by atoms with Gasteiger partial charge in [0, 0.05) is 17.3 Å². The summed E-state index contributed by atoms with van der Waals surface area (Å²) in [5, 5.41) is 3.47. The molecule has 2 aromatic heterocycles. The molecule has 0 spiro atoms. The summed E-state index contributed by atoms with van der Waals surface area (Å²) in [5.74, 6) is -0.729. The van der Waals surface area contributed by atoms with E-state index in [1.807, 2.05) is 59.4 Å². The number of thiazole rings is 1. The summed E-state index contributed by atoms with van der Waals surface area (Å²) in [6, 6.07) is 12.9. The van der Waals surface area contributed by atoms with Crippen LogP contribution in [-0.4, -0.2) is 28.0 Å². The molecule has 1 aromatic carbocycles. The number of aromatic nitrogens is 2. The predicted molar refractivity (Wildman–Crippen MR) is 107 cm³/mol. The molecule has 28 heavy (non-hydrogen) atoms. The maximum atomic E-state index is 13.1. The molecule has 2 heterocycles. The normalized spacial score (nSPS) is 16.4. The highest BCUT2D eigenvalue weighted by atomic mass is 32.1. The van der Waals surface area contributed by atoms with E-state index in [0.717, 1.165) is 29.0 Å². The average Bonchev–Trinajstić information content (AvgIpc) is 3.40. The zero-order valence-electron chi connectivity index (χ0n) is 15.5. The summed E-state index contributed by atoms with van der Waals surface area (Å²) in [5.41, 5.74) is 1.64. The Kier molecular flexibility index (Phi) is 5.25. The summed E-state index contributed by atoms with van der Waals surface area (Å²) in [4.78, 5) is 30.8. The molecule has 4 rings (SSSR count). The third kappa shape index (κ3) is 3.57. The lowest BCUT2D eigenvalue weighted by molar-refractivity contribution is -0.145. The summed E-state index contributed by atoms with van der Waals surface area (Å²) in [7, 11) is 0. The predicted octanol–water partition coefficient (Wildman–Crippen LogP) is 3.77. The van der Waals surface area contributed by atoms with Gasteiger partial charge in [-0.15, -0.1) is 11.3 Å². The van der Waals surface area contributed by atoms with E-state index < -0.39 is 6.04 Å². The smallest absolute Gasteiger partial charge is 0.315 e. The number of hydrogen-bond donors (Lipinski definition) is 1. The number of aryl methyl sites for hydroxylation is 1. The van der Waals surface area contributed by atoms with Gasteiger partial charge in [0.05, 0.1) is 12.3 Å². The Morgan fingerprint density at radius 3 is 2.71 bits per heavy atom. The van der Waals surface area contributed by atoms with Gasteiger partial charge in [-0.25, -0.2) is 4.98 Å². The van der Waals surface area contributed by atoms with Gasteiger partial charge in [0.1, 0.15) is 12.0 Å². The molecular formula is C21H21N3O3S. The second-order valence-corrected chi connectivity index (χ2v) is 7.69. The van der Waals surface area contributed by atoms with Crippen LogP contribution in [0.5, 0.6) is 0 Å². The van der Waals surface area contributed by atoms with Gasteiger partial charge >= 0.3 is 5.97 Å². The van der Waals surface area contributed by atoms with Crippen LogP contribution in [0, 0.1) is 0 Å². The number of amides is 1. The first-order valence-corrected chi connectivity index (χ1v) is 10.1. The van der Waals surface area contributed by atoms with Crippen molar-refractivity contribution in [2.45, 2.75) is 31.7 Å². The molecule has 6 nitrogen and oxygen atoms in total. The number of ether oxygens (including phenoxy) is 1. The third-order valence-electron chi connectivity index (χ3n) is 4.81. The van der Waals surface area contributed by atoms with E-state index in [1.54, 1.807) is 6.92 Å². The molecule has 0 fully saturated rings. The number of nitrogens with one attached hydrogen (secondary N) is 1. The van der Waals surface area contributed by atoms with Crippen molar-refractivity contribution in [3.63, 3.8) is 0 Å². The zero-order chi connectivity index (χ0) is 19.5. The van der Waals surface area contributed by atoms with E-state index in [2.05, 4.69) is 10.3 Å². The number of nitrogens with zero attached hydrogens (tertiary/aromatic N) is 2. The van der Waals surface area contributed by atoms with Crippen molar-refractivity contribution in [3.8, 4) is 0 Å². The Morgan fingerprint density at radius 1 is 1.25 bits per heavy atom. The Balaban J connectivity index is 1.56. The average molecular weight is 395 g/mol. The topological polar surface area (TPSA) is 73.2 Å². The van der Waals surface area contributed by atoms with E-state index in [9.17, 15) is 9.59 Å². The Morgan fingerprint density at radius 2 is 2.00 bits per heavy atom. The lowest BCUT2D eigenvalue weighted by atomic mass is 10.1. The molecule has 7 heteroatoms. The van der Waals surface area contributed by atoms with Crippen LogP contribution in [-0.2, 0) is 20.7 Å². The van der Waals surface area contributed by atoms with E-state index >= 15 is 0 Å². The van der Waals surface area contributed by atoms with Crippen LogP contribution in [0.15, 0.2) is 54.9 Å². The number of benzene rings is 1. The second kappa shape index (κ2) is 7.98. The highest BCUT2D eigenvalue weighted by molar-refractivity contribution is 7.16. The number of fused-ring (bicyclic) bond motifs is 1. The molecule has 0 unspecified atom stereocenters. The summed E-state index contributed by atoms with van der Waals surface area (Å²) in [6.07, 6.45) is 5.25. The Labute approximate surface area is 167 Å². The lowest BCUT2D eigenvalue weighted by Crippen LogP contribution is -2.26. The van der Waals surface area contributed by atoms with E-state index in [0.29, 0.717) is 11.7 Å². The van der Waals surface area contributed by atoms with Gasteiger partial charge < -0.3 is 9.30 Å². The number of rotatable bonds is 6. The van der Waals surface area contributed by atoms with Gasteiger partial charge in [0.15, 0.2) is 5.13 Å². The molecule has 1 amide bonds. The molecule has 0 radical (unpaired) electrons. The highest BCUT2D eigenvalue weighted by Crippen LogP contribution is 2.39. The number of esters is 1. The first kappa shape index (κ1) is 18.4. The SMILES string of the molecule is CCOC(=O)[C@H]1CCc2sc(NC(=O)[C@H](c3ccccc3)n3cccc3)nc21. The van der Waals surface area contributed by atoms with Crippen molar-refractivity contribution in [2.75, 3.05) is 11.9 Å². The van der Waals surface area contributed by atoms with Crippen molar-refractivity contribution >= 4 is 28.3 Å². The van der Waals surface area contributed by atoms with Crippen LogP contribution in [0.25, 0.3) is 0 Å². The largest absolute Gasteiger partial charge is 0.465 e. The fraction of sp³-hybridized carbons (Fsp3) is 0.286. The maximum absolute atomic E-state index is 13.1. The molecule has 2 atom stereocenters. The van der Waals surface area contributed by atoms with Gasteiger partial charge in [-0.2, -0.15) is 0 Å². The van der Waals surface area contributed by atoms with Crippen LogP contribution < -0.4 is 5.32 Å². The van der Waals surface area contributed by atoms with E-state index in [1.165, 1.54) is 11.3 Å². The van der Waals surface area contributed by atoms with Gasteiger partial charge in [-0.1, -0.05) is 30.3 Å². The molecule has 0 saturated carbocycles. The number of carbonyl (C=O) groups is 2. The second-order valence-electron chi connectivity index (χ2n) is 6.60. The first-order valence-electron chi connectivity index (χ1n) is 9.32. The summed E-state index contributed by atoms with van der Waals surface area (Å²) >= 11 is 1.44. The summed E-state index contributed by atoms with van der Waals surface area (Å²) < 4.78 is 7.02. The number of carbonyl (C=O) groups excluding carboxylic acids is 2. The minimum absolute atomic E-state index is 0.164. The third-order valence-corrected chi connectivity index (χ3v) is 5.85. The number of anilines is 1. The van der Waals surface area contributed by atoms with E-state index in [4.69, 9.17) is 4.74 Å². The summed E-state index contributed by atoms with van der Waals surface area (Å²) in [6.45, 7) is 2.15. The van der Waals surface area contributed by atoms with Gasteiger partial charge in [-0.3, -0.25) is 14.9 Å². The van der Waals surface area contributed by atoms with Gasteiger partial charge in [-0.05, 0) is 37.5 Å². The minimum atomic E-state index is -0.490. The molecule has 3 aromatic rings. The highest BCUT2D eigenvalue weighted by Gasteiger charge is 2.34. The van der Waals surface area contributed by atoms with Crippen LogP contribution in [0.2, 0.25) is 0 Å². The lowest BCUT2D eigenvalue weighted by Gasteiger charge is -2.18. The van der Waals surface area contributed by atoms with Crippen LogP contribution in [0.4, 0.5) is 5.13 Å². The Bertz CT molecular complexity index is 966. The standard InChI is InChI=1S/C21H21N3O3S/c1-2-27-20(26)15-10-11-16-17(15)22-21(28-16)23-19(25)18(24-12-6-7-13-24)14-8-4-3-5-9-14/h3-9,12-13,15,18H,2,10-11H2,1H3,(H,22,23,25)/t15-,18-/m0/s1. The molecule has 1 aliphatic carbocycles. The molecule has 0 aliphatic heterocycles. The van der Waals surface area contributed by atoms with Crippen molar-refractivity contribution in [1.82, 2.24) is 9.55 Å². The Hall–Kier alpha value is -2.93. The van der Waals surface area contributed by atoms with E-state index in [-0.39, 0.29) is 17.8 Å². The quantitative estimate of drug-likeness (QED) is 0.645. The molecule has 0 bridgehead atoms. The van der Waals surface area contributed by atoms with Crippen molar-refractivity contribution < 1.29 is 14.3 Å². The maximum Gasteiger partial charge on any atom is 0.315 e. The fourth-order valence-corrected chi connectivity index (χ4v) is 4.58. The van der Waals surface area contributed by atoms with Crippen molar-refractivity contribution in [1.29, 1.82) is 0 Å². The van der Waals surface area contributed by atoms with Crippen molar-refractivity contribution in [2.24, 2.45) is 0 Å². The van der Waals surface area contributed by atoms with Crippen molar-refractivity contribution in [3.05, 3.63) is 71.0 Å². The first-order chi connectivity index (χ1) is 13.7. The molecular weight excluding hydrogens is 374 g/mol.